The van der Waals surface area contributed by atoms with Gasteiger partial charge in [-0.25, -0.2) is 9.78 Å². The molecule has 0 saturated heterocycles. The third-order valence-corrected chi connectivity index (χ3v) is 6.72. The summed E-state index contributed by atoms with van der Waals surface area (Å²) in [5, 5.41) is 4.70. The molecule has 0 saturated carbocycles. The first-order valence-electron chi connectivity index (χ1n) is 13.2. The maximum atomic E-state index is 12.9. The molecule has 3 aromatic rings. The standard InChI is InChI=1S/C27H22Cl4N2O3.C3H8.C2H6.CH4/c1-4-17(28)25(18(29)5-2)26(34)33-23(27(35)36-3)14-15-9-11-21-16(13-15)10-12-22(32-21)24-19(30)7-6-8-20(24)31;1-3-2;1-2;/h4-13,23H,1,14H2,2-3H3,(H,33,34);3H2,1-2H3;1-2H3;1H4/b18-5+,25-17-;;;. The molecule has 1 heterocycles. The lowest BCUT2D eigenvalue weighted by atomic mass is 10.0. The highest BCUT2D eigenvalue weighted by Gasteiger charge is 2.26. The number of esters is 1. The minimum absolute atomic E-state index is 0. The molecular formula is C33H40Cl4N2O3. The summed E-state index contributed by atoms with van der Waals surface area (Å²) in [5.41, 5.74) is 2.81. The van der Waals surface area contributed by atoms with Gasteiger partial charge in [0.15, 0.2) is 0 Å². The maximum absolute atomic E-state index is 12.9. The largest absolute Gasteiger partial charge is 0.467 e. The van der Waals surface area contributed by atoms with Crippen molar-refractivity contribution in [1.29, 1.82) is 0 Å². The summed E-state index contributed by atoms with van der Waals surface area (Å²) in [6.07, 6.45) is 4.24. The van der Waals surface area contributed by atoms with Crippen LogP contribution in [0.15, 0.2) is 82.9 Å². The van der Waals surface area contributed by atoms with E-state index < -0.39 is 17.9 Å². The molecule has 1 atom stereocenters. The van der Waals surface area contributed by atoms with Crippen LogP contribution in [0.3, 0.4) is 0 Å². The van der Waals surface area contributed by atoms with Crippen LogP contribution in [0.1, 0.15) is 54.0 Å². The van der Waals surface area contributed by atoms with Gasteiger partial charge in [0, 0.05) is 17.4 Å². The average Bonchev–Trinajstić information content (AvgIpc) is 2.97. The van der Waals surface area contributed by atoms with Gasteiger partial charge in [0.2, 0.25) is 0 Å². The van der Waals surface area contributed by atoms with Crippen molar-refractivity contribution in [1.82, 2.24) is 10.3 Å². The van der Waals surface area contributed by atoms with E-state index in [1.807, 2.05) is 44.2 Å². The van der Waals surface area contributed by atoms with Crippen molar-refractivity contribution in [3.8, 4) is 11.3 Å². The topological polar surface area (TPSA) is 68.3 Å². The Balaban J connectivity index is 0.00000263. The van der Waals surface area contributed by atoms with E-state index in [1.165, 1.54) is 25.7 Å². The number of carbonyl (C=O) groups is 2. The van der Waals surface area contributed by atoms with Crippen LogP contribution in [0.2, 0.25) is 10.0 Å². The quantitative estimate of drug-likeness (QED) is 0.149. The molecule has 0 spiro atoms. The molecule has 9 heteroatoms. The number of rotatable bonds is 8. The van der Waals surface area contributed by atoms with Crippen molar-refractivity contribution in [3.63, 3.8) is 0 Å². The number of pyridine rings is 1. The number of allylic oxidation sites excluding steroid dienone is 3. The Kier molecular flexibility index (Phi) is 18.8. The average molecular weight is 655 g/mol. The summed E-state index contributed by atoms with van der Waals surface area (Å²) in [6.45, 7) is 13.5. The van der Waals surface area contributed by atoms with Gasteiger partial charge in [0.1, 0.15) is 6.04 Å². The normalized spacial score (nSPS) is 11.8. The van der Waals surface area contributed by atoms with Crippen LogP contribution in [0.5, 0.6) is 0 Å². The van der Waals surface area contributed by atoms with Crippen molar-refractivity contribution in [2.24, 2.45) is 0 Å². The molecule has 0 aliphatic rings. The molecule has 0 aliphatic carbocycles. The zero-order chi connectivity index (χ0) is 31.1. The fraction of sp³-hybridized carbons (Fsp3) is 0.303. The second-order valence-electron chi connectivity index (χ2n) is 8.34. The number of benzene rings is 2. The molecule has 3 rings (SSSR count). The maximum Gasteiger partial charge on any atom is 0.328 e. The number of ether oxygens (including phenoxy) is 1. The van der Waals surface area contributed by atoms with Gasteiger partial charge in [0.05, 0.1) is 44.0 Å². The number of nitrogens with one attached hydrogen (secondary N) is 1. The minimum atomic E-state index is -0.986. The second-order valence-corrected chi connectivity index (χ2v) is 9.97. The molecule has 228 valence electrons. The number of aromatic nitrogens is 1. The number of hydrogen-bond donors (Lipinski definition) is 1. The summed E-state index contributed by atoms with van der Waals surface area (Å²) < 4.78 is 4.91. The lowest BCUT2D eigenvalue weighted by Crippen LogP contribution is -2.43. The van der Waals surface area contributed by atoms with Crippen molar-refractivity contribution in [3.05, 3.63) is 98.5 Å². The predicted octanol–water partition coefficient (Wildman–Crippen LogP) is 10.3. The molecule has 1 unspecified atom stereocenters. The summed E-state index contributed by atoms with van der Waals surface area (Å²) in [4.78, 5) is 30.1. The molecule has 1 amide bonds. The van der Waals surface area contributed by atoms with Gasteiger partial charge >= 0.3 is 5.97 Å². The third kappa shape index (κ3) is 10.8. The number of hydrogen-bond acceptors (Lipinski definition) is 4. The third-order valence-electron chi connectivity index (χ3n) is 5.34. The number of fused-ring (bicyclic) bond motifs is 1. The Morgan fingerprint density at radius 3 is 2.17 bits per heavy atom. The highest BCUT2D eigenvalue weighted by atomic mass is 35.5. The Morgan fingerprint density at radius 2 is 1.64 bits per heavy atom. The highest BCUT2D eigenvalue weighted by Crippen LogP contribution is 2.34. The van der Waals surface area contributed by atoms with E-state index in [9.17, 15) is 9.59 Å². The summed E-state index contributed by atoms with van der Waals surface area (Å²) in [6, 6.07) is 13.5. The van der Waals surface area contributed by atoms with Gasteiger partial charge < -0.3 is 10.1 Å². The van der Waals surface area contributed by atoms with Gasteiger partial charge in [-0.1, -0.05) is 119 Å². The lowest BCUT2D eigenvalue weighted by Gasteiger charge is -2.18. The number of methoxy groups -OCH3 is 1. The Morgan fingerprint density at radius 1 is 1.05 bits per heavy atom. The van der Waals surface area contributed by atoms with E-state index in [4.69, 9.17) is 51.1 Å². The van der Waals surface area contributed by atoms with Crippen molar-refractivity contribution >= 4 is 69.2 Å². The Hall–Kier alpha value is -2.83. The second kappa shape index (κ2) is 20.1. The Bertz CT molecular complexity index is 1400. The molecule has 0 fully saturated rings. The molecule has 0 aliphatic heterocycles. The van der Waals surface area contributed by atoms with Gasteiger partial charge in [-0.2, -0.15) is 0 Å². The highest BCUT2D eigenvalue weighted by molar-refractivity contribution is 6.40. The van der Waals surface area contributed by atoms with Crippen LogP contribution in [0, 0.1) is 0 Å². The minimum Gasteiger partial charge on any atom is -0.467 e. The number of nitrogens with zero attached hydrogens (tertiary/aromatic N) is 1. The first kappa shape index (κ1) is 39.2. The van der Waals surface area contributed by atoms with E-state index in [0.29, 0.717) is 26.8 Å². The van der Waals surface area contributed by atoms with Gasteiger partial charge in [-0.3, -0.25) is 4.79 Å². The molecular weight excluding hydrogens is 614 g/mol. The van der Waals surface area contributed by atoms with E-state index in [-0.39, 0.29) is 29.5 Å². The molecule has 5 nitrogen and oxygen atoms in total. The van der Waals surface area contributed by atoms with Crippen LogP contribution in [-0.4, -0.2) is 30.0 Å². The fourth-order valence-electron chi connectivity index (χ4n) is 3.56. The molecule has 0 radical (unpaired) electrons. The summed E-state index contributed by atoms with van der Waals surface area (Å²) in [7, 11) is 1.25. The summed E-state index contributed by atoms with van der Waals surface area (Å²) >= 11 is 25.0. The van der Waals surface area contributed by atoms with Gasteiger partial charge in [-0.05, 0) is 48.9 Å². The van der Waals surface area contributed by atoms with Gasteiger partial charge in [-0.15, -0.1) is 0 Å². The number of halogens is 4. The van der Waals surface area contributed by atoms with Crippen molar-refractivity contribution in [2.75, 3.05) is 7.11 Å². The monoisotopic (exact) mass is 652 g/mol. The fourth-order valence-corrected chi connectivity index (χ4v) is 4.58. The molecule has 0 bridgehead atoms. The zero-order valence-corrected chi connectivity index (χ0v) is 27.2. The van der Waals surface area contributed by atoms with Crippen LogP contribution in [0.25, 0.3) is 22.2 Å². The van der Waals surface area contributed by atoms with Crippen LogP contribution in [0.4, 0.5) is 0 Å². The van der Waals surface area contributed by atoms with E-state index in [2.05, 4.69) is 30.7 Å². The smallest absolute Gasteiger partial charge is 0.328 e. The van der Waals surface area contributed by atoms with E-state index >= 15 is 0 Å². The first-order chi connectivity index (χ1) is 19.6. The van der Waals surface area contributed by atoms with Crippen LogP contribution < -0.4 is 5.32 Å². The molecule has 1 N–H and O–H groups in total. The van der Waals surface area contributed by atoms with Crippen molar-refractivity contribution in [2.45, 2.75) is 60.9 Å². The molecule has 42 heavy (non-hydrogen) atoms. The predicted molar refractivity (Wildman–Crippen MR) is 182 cm³/mol. The van der Waals surface area contributed by atoms with Crippen LogP contribution in [-0.2, 0) is 20.7 Å². The lowest BCUT2D eigenvalue weighted by molar-refractivity contribution is -0.144. The zero-order valence-electron chi connectivity index (χ0n) is 24.2. The van der Waals surface area contributed by atoms with Crippen LogP contribution >= 0.6 is 46.4 Å². The van der Waals surface area contributed by atoms with E-state index in [0.717, 1.165) is 10.9 Å². The summed E-state index contributed by atoms with van der Waals surface area (Å²) in [5.74, 6) is -1.24. The SMILES string of the molecule is C.C=C/C(Cl)=C(C(=O)NC(Cc1ccc2nc(-c3c(Cl)cccc3Cl)ccc2c1)C(=O)OC)\C(Cl)=C/C.CC.CCC. The number of amides is 1. The first-order valence-corrected chi connectivity index (χ1v) is 14.7. The van der Waals surface area contributed by atoms with E-state index in [1.54, 1.807) is 25.1 Å². The van der Waals surface area contributed by atoms with Gasteiger partial charge in [0.25, 0.3) is 5.91 Å². The number of carbonyl (C=O) groups excluding carboxylic acids is 2. The van der Waals surface area contributed by atoms with Crippen molar-refractivity contribution < 1.29 is 14.3 Å². The Labute approximate surface area is 270 Å². The molecule has 1 aromatic heterocycles. The molecule has 2 aromatic carbocycles.